The van der Waals surface area contributed by atoms with Crippen molar-refractivity contribution in [3.8, 4) is 0 Å². The topological polar surface area (TPSA) is 29.4 Å². The molecule has 1 fully saturated rings. The largest absolute Gasteiger partial charge is 0.235 e. The second kappa shape index (κ2) is 2.55. The average molecular weight is 139 g/mol. The molecular weight excluding hydrogens is 126 g/mol. The third-order valence-corrected chi connectivity index (χ3v) is 2.41. The van der Waals surface area contributed by atoms with Crippen molar-refractivity contribution in [2.75, 3.05) is 0 Å². The van der Waals surface area contributed by atoms with Gasteiger partial charge in [0, 0.05) is 0 Å². The van der Waals surface area contributed by atoms with Gasteiger partial charge in [-0.05, 0) is 18.3 Å². The molecule has 0 aromatic rings. The number of carbonyl (C=O) groups excluding carboxylic acids is 1. The molecule has 0 saturated heterocycles. The Morgan fingerprint density at radius 1 is 1.60 bits per heavy atom. The molecule has 0 aromatic carbocycles. The highest BCUT2D eigenvalue weighted by Gasteiger charge is 2.34. The van der Waals surface area contributed by atoms with Crippen molar-refractivity contribution in [2.45, 2.75) is 39.2 Å². The van der Waals surface area contributed by atoms with E-state index in [-0.39, 0.29) is 11.5 Å². The van der Waals surface area contributed by atoms with E-state index in [4.69, 9.17) is 0 Å². The van der Waals surface area contributed by atoms with Gasteiger partial charge in [0.1, 0.15) is 0 Å². The molecule has 0 aliphatic heterocycles. The maximum Gasteiger partial charge on any atom is 0.235 e. The molecule has 0 N–H and O–H groups in total. The highest BCUT2D eigenvalue weighted by molar-refractivity contribution is 5.34. The predicted molar refractivity (Wildman–Crippen MR) is 39.5 cm³/mol. The summed E-state index contributed by atoms with van der Waals surface area (Å²) in [7, 11) is 0. The van der Waals surface area contributed by atoms with E-state index in [1.54, 1.807) is 6.08 Å². The molecular formula is C8H13NO. The molecule has 0 amide bonds. The van der Waals surface area contributed by atoms with Crippen LogP contribution in [0, 0.1) is 5.41 Å². The van der Waals surface area contributed by atoms with Gasteiger partial charge in [-0.2, -0.15) is 0 Å². The molecule has 1 rings (SSSR count). The number of isocyanates is 1. The van der Waals surface area contributed by atoms with E-state index in [1.165, 1.54) is 12.8 Å². The van der Waals surface area contributed by atoms with Crippen LogP contribution in [-0.2, 0) is 4.79 Å². The summed E-state index contributed by atoms with van der Waals surface area (Å²) >= 11 is 0. The number of rotatable bonds is 1. The van der Waals surface area contributed by atoms with Gasteiger partial charge in [0.15, 0.2) is 0 Å². The SMILES string of the molecule is CC1(C)CCCC1N=C=O. The lowest BCUT2D eigenvalue weighted by molar-refractivity contribution is 0.333. The van der Waals surface area contributed by atoms with Crippen molar-refractivity contribution in [3.05, 3.63) is 0 Å². The van der Waals surface area contributed by atoms with Crippen LogP contribution in [-0.4, -0.2) is 12.1 Å². The van der Waals surface area contributed by atoms with Gasteiger partial charge < -0.3 is 0 Å². The van der Waals surface area contributed by atoms with E-state index in [2.05, 4.69) is 18.8 Å². The van der Waals surface area contributed by atoms with Crippen LogP contribution in [0.4, 0.5) is 0 Å². The van der Waals surface area contributed by atoms with Gasteiger partial charge in [0.2, 0.25) is 6.08 Å². The Morgan fingerprint density at radius 2 is 2.30 bits per heavy atom. The summed E-state index contributed by atoms with van der Waals surface area (Å²) in [5.74, 6) is 0. The van der Waals surface area contributed by atoms with Gasteiger partial charge in [-0.3, -0.25) is 0 Å². The molecule has 1 unspecified atom stereocenters. The second-order valence-corrected chi connectivity index (χ2v) is 3.62. The third kappa shape index (κ3) is 1.27. The van der Waals surface area contributed by atoms with Crippen molar-refractivity contribution >= 4 is 6.08 Å². The van der Waals surface area contributed by atoms with Crippen molar-refractivity contribution in [1.29, 1.82) is 0 Å². The minimum Gasteiger partial charge on any atom is -0.211 e. The quantitative estimate of drug-likeness (QED) is 0.403. The van der Waals surface area contributed by atoms with E-state index in [0.717, 1.165) is 6.42 Å². The number of hydrogen-bond acceptors (Lipinski definition) is 2. The fourth-order valence-electron chi connectivity index (χ4n) is 1.61. The summed E-state index contributed by atoms with van der Waals surface area (Å²) in [6.07, 6.45) is 5.08. The van der Waals surface area contributed by atoms with E-state index in [1.807, 2.05) is 0 Å². The molecule has 1 aliphatic carbocycles. The number of nitrogens with zero attached hydrogens (tertiary/aromatic N) is 1. The molecule has 2 nitrogen and oxygen atoms in total. The Kier molecular flexibility index (Phi) is 1.91. The van der Waals surface area contributed by atoms with Crippen molar-refractivity contribution in [1.82, 2.24) is 0 Å². The molecule has 1 aliphatic rings. The lowest BCUT2D eigenvalue weighted by Crippen LogP contribution is -2.20. The Labute approximate surface area is 61.3 Å². The summed E-state index contributed by atoms with van der Waals surface area (Å²) in [6.45, 7) is 4.32. The second-order valence-electron chi connectivity index (χ2n) is 3.62. The molecule has 10 heavy (non-hydrogen) atoms. The monoisotopic (exact) mass is 139 g/mol. The highest BCUT2D eigenvalue weighted by Crippen LogP contribution is 2.38. The van der Waals surface area contributed by atoms with Crippen molar-refractivity contribution in [2.24, 2.45) is 10.4 Å². The smallest absolute Gasteiger partial charge is 0.211 e. The Bertz CT molecular complexity index is 168. The Hall–Kier alpha value is -0.620. The summed E-state index contributed by atoms with van der Waals surface area (Å²) in [5, 5.41) is 0. The van der Waals surface area contributed by atoms with Gasteiger partial charge >= 0.3 is 0 Å². The number of aliphatic imine (C=N–C) groups is 1. The molecule has 1 saturated carbocycles. The van der Waals surface area contributed by atoms with E-state index < -0.39 is 0 Å². The van der Waals surface area contributed by atoms with Crippen LogP contribution in [0.1, 0.15) is 33.1 Å². The van der Waals surface area contributed by atoms with Crippen LogP contribution in [0.15, 0.2) is 4.99 Å². The zero-order valence-corrected chi connectivity index (χ0v) is 6.55. The standard InChI is InChI=1S/C8H13NO/c1-8(2)5-3-4-7(8)9-6-10/h7H,3-5H2,1-2H3. The van der Waals surface area contributed by atoms with E-state index in [0.29, 0.717) is 0 Å². The van der Waals surface area contributed by atoms with E-state index >= 15 is 0 Å². The normalized spacial score (nSPS) is 29.6. The summed E-state index contributed by atoms with van der Waals surface area (Å²) < 4.78 is 0. The average Bonchev–Trinajstić information content (AvgIpc) is 2.13. The highest BCUT2D eigenvalue weighted by atomic mass is 16.1. The zero-order valence-electron chi connectivity index (χ0n) is 6.55. The summed E-state index contributed by atoms with van der Waals surface area (Å²) in [6, 6.07) is 0.227. The minimum absolute atomic E-state index is 0.227. The first-order chi connectivity index (χ1) is 4.67. The maximum absolute atomic E-state index is 9.96. The first kappa shape index (κ1) is 7.49. The maximum atomic E-state index is 9.96. The molecule has 0 bridgehead atoms. The molecule has 1 atom stereocenters. The minimum atomic E-state index is 0.227. The van der Waals surface area contributed by atoms with Gasteiger partial charge in [-0.15, -0.1) is 0 Å². The van der Waals surface area contributed by atoms with Crippen LogP contribution in [0.2, 0.25) is 0 Å². The van der Waals surface area contributed by atoms with Gasteiger partial charge in [-0.1, -0.05) is 20.3 Å². The van der Waals surface area contributed by atoms with Gasteiger partial charge in [0.05, 0.1) is 6.04 Å². The fraction of sp³-hybridized carbons (Fsp3) is 0.875. The molecule has 0 spiro atoms. The summed E-state index contributed by atoms with van der Waals surface area (Å²) in [4.78, 5) is 13.7. The lowest BCUT2D eigenvalue weighted by atomic mass is 9.88. The molecule has 0 radical (unpaired) electrons. The summed E-state index contributed by atoms with van der Waals surface area (Å²) in [5.41, 5.74) is 0.234. The number of hydrogen-bond donors (Lipinski definition) is 0. The molecule has 0 heterocycles. The Balaban J connectivity index is 2.68. The van der Waals surface area contributed by atoms with Crippen LogP contribution in [0.5, 0.6) is 0 Å². The Morgan fingerprint density at radius 3 is 2.70 bits per heavy atom. The van der Waals surface area contributed by atoms with Crippen molar-refractivity contribution < 1.29 is 4.79 Å². The van der Waals surface area contributed by atoms with Crippen LogP contribution >= 0.6 is 0 Å². The molecule has 0 aromatic heterocycles. The van der Waals surface area contributed by atoms with E-state index in [9.17, 15) is 4.79 Å². The lowest BCUT2D eigenvalue weighted by Gasteiger charge is -2.21. The van der Waals surface area contributed by atoms with Crippen molar-refractivity contribution in [3.63, 3.8) is 0 Å². The van der Waals surface area contributed by atoms with Gasteiger partial charge in [-0.25, -0.2) is 9.79 Å². The molecule has 56 valence electrons. The zero-order chi connectivity index (χ0) is 7.61. The fourth-order valence-corrected chi connectivity index (χ4v) is 1.61. The van der Waals surface area contributed by atoms with Gasteiger partial charge in [0.25, 0.3) is 0 Å². The molecule has 2 heteroatoms. The predicted octanol–water partition coefficient (Wildman–Crippen LogP) is 1.90. The van der Waals surface area contributed by atoms with Crippen LogP contribution in [0.25, 0.3) is 0 Å². The van der Waals surface area contributed by atoms with Crippen LogP contribution < -0.4 is 0 Å². The third-order valence-electron chi connectivity index (χ3n) is 2.41. The first-order valence-electron chi connectivity index (χ1n) is 3.74. The van der Waals surface area contributed by atoms with Crippen LogP contribution in [0.3, 0.4) is 0 Å². The first-order valence-corrected chi connectivity index (χ1v) is 3.74.